The van der Waals surface area contributed by atoms with E-state index in [2.05, 4.69) is 12.2 Å². The van der Waals surface area contributed by atoms with Crippen molar-refractivity contribution in [2.45, 2.75) is 51.6 Å². The van der Waals surface area contributed by atoms with E-state index in [-0.39, 0.29) is 16.7 Å². The van der Waals surface area contributed by atoms with Gasteiger partial charge in [-0.3, -0.25) is 10.1 Å². The fourth-order valence-electron chi connectivity index (χ4n) is 3.09. The quantitative estimate of drug-likeness (QED) is 0.511. The summed E-state index contributed by atoms with van der Waals surface area (Å²) in [6.45, 7) is 4.28. The maximum atomic E-state index is 10.9. The van der Waals surface area contributed by atoms with E-state index in [1.165, 1.54) is 25.3 Å². The first-order valence-corrected chi connectivity index (χ1v) is 8.58. The van der Waals surface area contributed by atoms with Crippen LogP contribution in [0.15, 0.2) is 24.3 Å². The minimum absolute atomic E-state index is 0.0196. The van der Waals surface area contributed by atoms with Gasteiger partial charge in [-0.1, -0.05) is 31.9 Å². The van der Waals surface area contributed by atoms with Crippen molar-refractivity contribution < 1.29 is 4.92 Å². The van der Waals surface area contributed by atoms with Crippen molar-refractivity contribution >= 4 is 23.0 Å². The van der Waals surface area contributed by atoms with Gasteiger partial charge in [0.05, 0.1) is 11.0 Å². The zero-order chi connectivity index (χ0) is 17.0. The van der Waals surface area contributed by atoms with Crippen LogP contribution in [0.1, 0.15) is 51.1 Å². The third-order valence-electron chi connectivity index (χ3n) is 4.89. The molecule has 0 saturated heterocycles. The van der Waals surface area contributed by atoms with Crippen molar-refractivity contribution in [3.8, 4) is 0 Å². The summed E-state index contributed by atoms with van der Waals surface area (Å²) in [7, 11) is 1.94. The number of hydrogen-bond donors (Lipinski definition) is 1. The van der Waals surface area contributed by atoms with Crippen molar-refractivity contribution in [2.75, 3.05) is 7.05 Å². The number of nitro benzene ring substituents is 1. The largest absolute Gasteiger partial charge is 0.360 e. The van der Waals surface area contributed by atoms with Crippen molar-refractivity contribution in [1.82, 2.24) is 10.2 Å². The standard InChI is InChI=1S/C17H25N3O2S/c1-12-7-4-5-10-16(12)18-17(23)19(3)13(2)14-8-6-9-15(11-14)20(21)22/h6,8-9,11-13,16H,4-5,7,10H2,1-3H3,(H,18,23)/t12-,13+,16-/m1/s1. The lowest BCUT2D eigenvalue weighted by Gasteiger charge is -2.35. The Labute approximate surface area is 143 Å². The van der Waals surface area contributed by atoms with E-state index < -0.39 is 0 Å². The molecule has 1 aromatic carbocycles. The minimum atomic E-state index is -0.365. The lowest BCUT2D eigenvalue weighted by atomic mass is 9.86. The fraction of sp³-hybridized carbons (Fsp3) is 0.588. The van der Waals surface area contributed by atoms with Crippen LogP contribution in [-0.4, -0.2) is 28.0 Å². The molecule has 1 fully saturated rings. The van der Waals surface area contributed by atoms with Crippen LogP contribution in [-0.2, 0) is 0 Å². The molecule has 23 heavy (non-hydrogen) atoms. The van der Waals surface area contributed by atoms with E-state index in [9.17, 15) is 10.1 Å². The van der Waals surface area contributed by atoms with Gasteiger partial charge in [0, 0.05) is 25.2 Å². The predicted molar refractivity (Wildman–Crippen MR) is 96.4 cm³/mol. The first-order chi connectivity index (χ1) is 10.9. The second-order valence-electron chi connectivity index (χ2n) is 6.46. The van der Waals surface area contributed by atoms with E-state index >= 15 is 0 Å². The molecule has 126 valence electrons. The van der Waals surface area contributed by atoms with Gasteiger partial charge >= 0.3 is 0 Å². The number of thiocarbonyl (C=S) groups is 1. The van der Waals surface area contributed by atoms with Gasteiger partial charge in [-0.2, -0.15) is 0 Å². The van der Waals surface area contributed by atoms with Gasteiger partial charge < -0.3 is 10.2 Å². The Morgan fingerprint density at radius 1 is 1.43 bits per heavy atom. The van der Waals surface area contributed by atoms with Crippen molar-refractivity contribution in [3.63, 3.8) is 0 Å². The van der Waals surface area contributed by atoms with E-state index in [0.29, 0.717) is 17.1 Å². The molecule has 0 bridgehead atoms. The van der Waals surface area contributed by atoms with E-state index in [0.717, 1.165) is 12.0 Å². The highest BCUT2D eigenvalue weighted by Crippen LogP contribution is 2.26. The molecular weight excluding hydrogens is 310 g/mol. The van der Waals surface area contributed by atoms with Crippen molar-refractivity contribution in [3.05, 3.63) is 39.9 Å². The molecule has 0 spiro atoms. The third-order valence-corrected chi connectivity index (χ3v) is 5.29. The molecule has 0 heterocycles. The van der Waals surface area contributed by atoms with Gasteiger partial charge in [0.25, 0.3) is 5.69 Å². The lowest BCUT2D eigenvalue weighted by molar-refractivity contribution is -0.384. The number of nitro groups is 1. The summed E-state index contributed by atoms with van der Waals surface area (Å²) in [6.07, 6.45) is 4.94. The number of benzene rings is 1. The molecule has 0 radical (unpaired) electrons. The number of rotatable bonds is 4. The second kappa shape index (κ2) is 7.73. The van der Waals surface area contributed by atoms with Gasteiger partial charge in [-0.25, -0.2) is 0 Å². The summed E-state index contributed by atoms with van der Waals surface area (Å²) in [6, 6.07) is 7.16. The first-order valence-electron chi connectivity index (χ1n) is 8.18. The normalized spacial score (nSPS) is 22.2. The van der Waals surface area contributed by atoms with Crippen LogP contribution in [0.5, 0.6) is 0 Å². The van der Waals surface area contributed by atoms with Crippen LogP contribution in [0.25, 0.3) is 0 Å². The molecule has 3 atom stereocenters. The minimum Gasteiger partial charge on any atom is -0.360 e. The maximum Gasteiger partial charge on any atom is 0.269 e. The Hall–Kier alpha value is -1.69. The van der Waals surface area contributed by atoms with Crippen LogP contribution in [0, 0.1) is 16.0 Å². The summed E-state index contributed by atoms with van der Waals surface area (Å²) in [5, 5.41) is 15.1. The SMILES string of the molecule is C[C@@H]1CCCC[C@H]1NC(=S)N(C)[C@@H](C)c1cccc([N+](=O)[O-])c1. The molecular formula is C17H25N3O2S. The van der Waals surface area contributed by atoms with Crippen molar-refractivity contribution in [2.24, 2.45) is 5.92 Å². The second-order valence-corrected chi connectivity index (χ2v) is 6.84. The Morgan fingerprint density at radius 2 is 2.13 bits per heavy atom. The van der Waals surface area contributed by atoms with Crippen LogP contribution >= 0.6 is 12.2 Å². The monoisotopic (exact) mass is 335 g/mol. The third kappa shape index (κ3) is 4.41. The summed E-state index contributed by atoms with van der Waals surface area (Å²) in [5.41, 5.74) is 1.00. The summed E-state index contributed by atoms with van der Waals surface area (Å²) in [4.78, 5) is 12.5. The van der Waals surface area contributed by atoms with Crippen LogP contribution in [0.3, 0.4) is 0 Å². The van der Waals surface area contributed by atoms with Crippen LogP contribution in [0.2, 0.25) is 0 Å². The molecule has 0 amide bonds. The molecule has 1 saturated carbocycles. The zero-order valence-corrected chi connectivity index (χ0v) is 14.8. The van der Waals surface area contributed by atoms with E-state index in [4.69, 9.17) is 12.2 Å². The molecule has 2 rings (SSSR count). The molecule has 5 nitrogen and oxygen atoms in total. The van der Waals surface area contributed by atoms with Crippen LogP contribution < -0.4 is 5.32 Å². The summed E-state index contributed by atoms with van der Waals surface area (Å²) < 4.78 is 0. The first kappa shape index (κ1) is 17.7. The predicted octanol–water partition coefficient (Wildman–Crippen LogP) is 4.04. The Morgan fingerprint density at radius 3 is 2.78 bits per heavy atom. The topological polar surface area (TPSA) is 58.4 Å². The fourth-order valence-corrected chi connectivity index (χ4v) is 3.40. The molecule has 1 aromatic rings. The molecule has 0 unspecified atom stereocenters. The zero-order valence-electron chi connectivity index (χ0n) is 14.0. The molecule has 6 heteroatoms. The highest BCUT2D eigenvalue weighted by atomic mass is 32.1. The number of hydrogen-bond acceptors (Lipinski definition) is 3. The average Bonchev–Trinajstić information content (AvgIpc) is 2.55. The van der Waals surface area contributed by atoms with E-state index in [1.807, 2.05) is 24.9 Å². The average molecular weight is 335 g/mol. The molecule has 0 aromatic heterocycles. The maximum absolute atomic E-state index is 10.9. The number of nitrogens with one attached hydrogen (secondary N) is 1. The van der Waals surface area contributed by atoms with Gasteiger partial charge in [0.1, 0.15) is 0 Å². The van der Waals surface area contributed by atoms with E-state index in [1.54, 1.807) is 12.1 Å². The van der Waals surface area contributed by atoms with Gasteiger partial charge in [0.2, 0.25) is 0 Å². The Balaban J connectivity index is 2.03. The van der Waals surface area contributed by atoms with Gasteiger partial charge in [-0.05, 0) is 43.5 Å². The summed E-state index contributed by atoms with van der Waals surface area (Å²) in [5.74, 6) is 0.628. The Kier molecular flexibility index (Phi) is 5.93. The lowest BCUT2D eigenvalue weighted by Crippen LogP contribution is -2.47. The number of nitrogens with zero attached hydrogens (tertiary/aromatic N) is 2. The molecule has 1 aliphatic carbocycles. The van der Waals surface area contributed by atoms with Gasteiger partial charge in [0.15, 0.2) is 5.11 Å². The molecule has 0 aliphatic heterocycles. The highest BCUT2D eigenvalue weighted by molar-refractivity contribution is 7.80. The van der Waals surface area contributed by atoms with Gasteiger partial charge in [-0.15, -0.1) is 0 Å². The summed E-state index contributed by atoms with van der Waals surface area (Å²) >= 11 is 5.55. The smallest absolute Gasteiger partial charge is 0.269 e. The van der Waals surface area contributed by atoms with Crippen LogP contribution in [0.4, 0.5) is 5.69 Å². The number of non-ortho nitro benzene ring substituents is 1. The highest BCUT2D eigenvalue weighted by Gasteiger charge is 2.24. The molecule has 1 aliphatic rings. The van der Waals surface area contributed by atoms with Crippen molar-refractivity contribution in [1.29, 1.82) is 0 Å². The Bertz CT molecular complexity index is 579. The molecule has 1 N–H and O–H groups in total.